The molecule has 0 bridgehead atoms. The number of ether oxygens (including phenoxy) is 1. The number of fused-ring (bicyclic) bond motifs is 2. The summed E-state index contributed by atoms with van der Waals surface area (Å²) in [4.78, 5) is 24.0. The van der Waals surface area contributed by atoms with Crippen LogP contribution in [0.3, 0.4) is 0 Å². The van der Waals surface area contributed by atoms with Gasteiger partial charge in [0.15, 0.2) is 5.13 Å². The lowest BCUT2D eigenvalue weighted by Crippen LogP contribution is -2.03. The summed E-state index contributed by atoms with van der Waals surface area (Å²) < 4.78 is 5.94. The number of imidazole rings is 1. The fourth-order valence-electron chi connectivity index (χ4n) is 2.43. The highest BCUT2D eigenvalue weighted by Gasteiger charge is 2.11. The standard InChI is InChI=1S/C17H14N4O2S/c1-2-23-15(22)10-7-8-13-14(9-10)24-17(20-13)21-16-18-11-5-3-4-6-12(11)19-16/h3-9H,2H2,1H3,(H2,18,19,20,21). The van der Waals surface area contributed by atoms with Gasteiger partial charge in [0.05, 0.1) is 33.4 Å². The van der Waals surface area contributed by atoms with Gasteiger partial charge in [-0.15, -0.1) is 0 Å². The molecule has 4 aromatic rings. The first kappa shape index (κ1) is 14.6. The number of H-pyrrole nitrogens is 1. The number of carbonyl (C=O) groups is 1. The van der Waals surface area contributed by atoms with Gasteiger partial charge in [0.1, 0.15) is 0 Å². The Hall–Kier alpha value is -2.93. The smallest absolute Gasteiger partial charge is 0.338 e. The van der Waals surface area contributed by atoms with Crippen molar-refractivity contribution in [3.05, 3.63) is 48.0 Å². The first-order chi connectivity index (χ1) is 11.7. The van der Waals surface area contributed by atoms with Gasteiger partial charge in [-0.1, -0.05) is 23.5 Å². The first-order valence-electron chi connectivity index (χ1n) is 7.52. The predicted molar refractivity (Wildman–Crippen MR) is 95.0 cm³/mol. The summed E-state index contributed by atoms with van der Waals surface area (Å²) in [5.41, 5.74) is 3.21. The van der Waals surface area contributed by atoms with Crippen LogP contribution in [0.15, 0.2) is 42.5 Å². The van der Waals surface area contributed by atoms with Crippen molar-refractivity contribution in [3.8, 4) is 0 Å². The first-order valence-corrected chi connectivity index (χ1v) is 8.34. The lowest BCUT2D eigenvalue weighted by Gasteiger charge is -2.00. The molecule has 0 atom stereocenters. The minimum absolute atomic E-state index is 0.320. The quantitative estimate of drug-likeness (QED) is 0.548. The monoisotopic (exact) mass is 338 g/mol. The van der Waals surface area contributed by atoms with Gasteiger partial charge in [0.2, 0.25) is 5.95 Å². The fraction of sp³-hybridized carbons (Fsp3) is 0.118. The van der Waals surface area contributed by atoms with E-state index in [0.29, 0.717) is 23.3 Å². The molecule has 2 heterocycles. The van der Waals surface area contributed by atoms with E-state index < -0.39 is 0 Å². The maximum atomic E-state index is 11.8. The Labute approximate surface area is 141 Å². The Balaban J connectivity index is 1.63. The normalized spacial score (nSPS) is 11.0. The number of rotatable bonds is 4. The van der Waals surface area contributed by atoms with Gasteiger partial charge in [-0.2, -0.15) is 0 Å². The van der Waals surface area contributed by atoms with Crippen molar-refractivity contribution in [1.82, 2.24) is 15.0 Å². The Bertz CT molecular complexity index is 1000. The molecule has 0 spiro atoms. The molecule has 0 saturated heterocycles. The highest BCUT2D eigenvalue weighted by Crippen LogP contribution is 2.29. The van der Waals surface area contributed by atoms with Gasteiger partial charge < -0.3 is 15.0 Å². The summed E-state index contributed by atoms with van der Waals surface area (Å²) in [5.74, 6) is 0.320. The summed E-state index contributed by atoms with van der Waals surface area (Å²) in [6.07, 6.45) is 0. The number of nitrogens with zero attached hydrogens (tertiary/aromatic N) is 2. The van der Waals surface area contributed by atoms with Crippen LogP contribution < -0.4 is 5.32 Å². The molecule has 2 N–H and O–H groups in total. The number of hydrogen-bond acceptors (Lipinski definition) is 6. The Kier molecular flexibility index (Phi) is 3.62. The largest absolute Gasteiger partial charge is 0.462 e. The summed E-state index contributed by atoms with van der Waals surface area (Å²) in [7, 11) is 0. The average molecular weight is 338 g/mol. The second-order valence-corrected chi connectivity index (χ2v) is 6.18. The lowest BCUT2D eigenvalue weighted by atomic mass is 10.2. The number of thiazole rings is 1. The highest BCUT2D eigenvalue weighted by atomic mass is 32.1. The van der Waals surface area contributed by atoms with E-state index in [4.69, 9.17) is 4.74 Å². The molecule has 0 radical (unpaired) electrons. The fourth-order valence-corrected chi connectivity index (χ4v) is 3.34. The van der Waals surface area contributed by atoms with E-state index in [1.807, 2.05) is 30.3 Å². The molecule has 0 unspecified atom stereocenters. The summed E-state index contributed by atoms with van der Waals surface area (Å²) >= 11 is 1.46. The van der Waals surface area contributed by atoms with Crippen LogP contribution in [-0.4, -0.2) is 27.5 Å². The molecular weight excluding hydrogens is 324 g/mol. The highest BCUT2D eigenvalue weighted by molar-refractivity contribution is 7.22. The molecular formula is C17H14N4O2S. The number of para-hydroxylation sites is 2. The van der Waals surface area contributed by atoms with E-state index >= 15 is 0 Å². The molecule has 2 aromatic heterocycles. The van der Waals surface area contributed by atoms with Crippen LogP contribution in [0.25, 0.3) is 21.3 Å². The number of anilines is 2. The van der Waals surface area contributed by atoms with Crippen LogP contribution in [0.4, 0.5) is 11.1 Å². The van der Waals surface area contributed by atoms with Gasteiger partial charge in [-0.3, -0.25) is 0 Å². The van der Waals surface area contributed by atoms with Crippen molar-refractivity contribution in [2.24, 2.45) is 0 Å². The van der Waals surface area contributed by atoms with E-state index in [1.165, 1.54) is 11.3 Å². The number of aromatic nitrogens is 3. The van der Waals surface area contributed by atoms with Crippen molar-refractivity contribution in [2.45, 2.75) is 6.92 Å². The topological polar surface area (TPSA) is 79.9 Å². The summed E-state index contributed by atoms with van der Waals surface area (Å²) in [5, 5.41) is 3.89. The average Bonchev–Trinajstić information content (AvgIpc) is 3.16. The predicted octanol–water partition coefficient (Wildman–Crippen LogP) is 4.09. The number of hydrogen-bond donors (Lipinski definition) is 2. The van der Waals surface area contributed by atoms with E-state index in [9.17, 15) is 4.79 Å². The molecule has 6 nitrogen and oxygen atoms in total. The maximum absolute atomic E-state index is 11.8. The van der Waals surface area contributed by atoms with Crippen LogP contribution in [-0.2, 0) is 4.74 Å². The van der Waals surface area contributed by atoms with Crippen molar-refractivity contribution >= 4 is 49.6 Å². The van der Waals surface area contributed by atoms with Crippen molar-refractivity contribution in [1.29, 1.82) is 0 Å². The molecule has 2 aromatic carbocycles. The molecule has 24 heavy (non-hydrogen) atoms. The third kappa shape index (κ3) is 2.69. The van der Waals surface area contributed by atoms with Crippen LogP contribution in [0.1, 0.15) is 17.3 Å². The van der Waals surface area contributed by atoms with Crippen molar-refractivity contribution in [2.75, 3.05) is 11.9 Å². The Morgan fingerprint density at radius 3 is 2.92 bits per heavy atom. The molecule has 0 saturated carbocycles. The third-order valence-electron chi connectivity index (χ3n) is 3.51. The zero-order valence-electron chi connectivity index (χ0n) is 12.9. The zero-order valence-corrected chi connectivity index (χ0v) is 13.7. The maximum Gasteiger partial charge on any atom is 0.338 e. The van der Waals surface area contributed by atoms with E-state index in [-0.39, 0.29) is 5.97 Å². The third-order valence-corrected chi connectivity index (χ3v) is 4.45. The molecule has 0 aliphatic rings. The van der Waals surface area contributed by atoms with Gasteiger partial charge in [-0.05, 0) is 37.3 Å². The number of aromatic amines is 1. The zero-order chi connectivity index (χ0) is 16.5. The molecule has 0 amide bonds. The summed E-state index contributed by atoms with van der Waals surface area (Å²) in [6.45, 7) is 2.15. The second-order valence-electron chi connectivity index (χ2n) is 5.15. The van der Waals surface area contributed by atoms with E-state index in [2.05, 4.69) is 20.3 Å². The number of nitrogens with one attached hydrogen (secondary N) is 2. The SMILES string of the molecule is CCOC(=O)c1ccc2nc(Nc3nc4ccccc4[nH]3)sc2c1. The minimum Gasteiger partial charge on any atom is -0.462 e. The van der Waals surface area contributed by atoms with Crippen LogP contribution in [0.5, 0.6) is 0 Å². The van der Waals surface area contributed by atoms with E-state index in [0.717, 1.165) is 21.3 Å². The van der Waals surface area contributed by atoms with E-state index in [1.54, 1.807) is 19.1 Å². The van der Waals surface area contributed by atoms with Crippen molar-refractivity contribution < 1.29 is 9.53 Å². The number of benzene rings is 2. The van der Waals surface area contributed by atoms with Gasteiger partial charge >= 0.3 is 5.97 Å². The van der Waals surface area contributed by atoms with Gasteiger partial charge in [0.25, 0.3) is 0 Å². The molecule has 120 valence electrons. The van der Waals surface area contributed by atoms with Crippen LogP contribution in [0.2, 0.25) is 0 Å². The molecule has 0 aliphatic heterocycles. The van der Waals surface area contributed by atoms with Gasteiger partial charge in [0, 0.05) is 0 Å². The summed E-state index contributed by atoms with van der Waals surface area (Å²) in [6, 6.07) is 13.2. The minimum atomic E-state index is -0.320. The lowest BCUT2D eigenvalue weighted by molar-refractivity contribution is 0.0526. The van der Waals surface area contributed by atoms with Crippen LogP contribution in [0, 0.1) is 0 Å². The van der Waals surface area contributed by atoms with Crippen LogP contribution >= 0.6 is 11.3 Å². The van der Waals surface area contributed by atoms with Crippen molar-refractivity contribution in [3.63, 3.8) is 0 Å². The molecule has 0 fully saturated rings. The number of carbonyl (C=O) groups excluding carboxylic acids is 1. The Morgan fingerprint density at radius 2 is 2.08 bits per heavy atom. The molecule has 7 heteroatoms. The van der Waals surface area contributed by atoms with Gasteiger partial charge in [-0.25, -0.2) is 14.8 Å². The number of esters is 1. The Morgan fingerprint density at radius 1 is 1.21 bits per heavy atom. The molecule has 0 aliphatic carbocycles. The molecule has 4 rings (SSSR count). The second kappa shape index (κ2) is 5.93.